The van der Waals surface area contributed by atoms with Gasteiger partial charge in [-0.2, -0.15) is 0 Å². The van der Waals surface area contributed by atoms with Gasteiger partial charge in [-0.1, -0.05) is 41.6 Å². The standard InChI is InChI=1S/C20H22N4OS/c1-13-6-5-7-17(11-13)22-19(25)16(4)26-20-23-21-12-24(20)18-9-8-14(2)10-15(18)3/h5-12,16H,1-4H3,(H,22,25). The van der Waals surface area contributed by atoms with Crippen molar-refractivity contribution in [2.24, 2.45) is 0 Å². The highest BCUT2D eigenvalue weighted by atomic mass is 32.2. The van der Waals surface area contributed by atoms with E-state index in [1.807, 2.05) is 42.7 Å². The topological polar surface area (TPSA) is 59.8 Å². The SMILES string of the molecule is Cc1cccc(NC(=O)C(C)Sc2nncn2-c2ccc(C)cc2C)c1. The molecule has 0 aliphatic carbocycles. The van der Waals surface area contributed by atoms with Gasteiger partial charge in [0.15, 0.2) is 5.16 Å². The lowest BCUT2D eigenvalue weighted by atomic mass is 10.1. The average Bonchev–Trinajstić information content (AvgIpc) is 3.02. The molecule has 26 heavy (non-hydrogen) atoms. The van der Waals surface area contributed by atoms with Gasteiger partial charge >= 0.3 is 0 Å². The van der Waals surface area contributed by atoms with Crippen LogP contribution in [0.1, 0.15) is 23.6 Å². The number of aryl methyl sites for hydroxylation is 3. The van der Waals surface area contributed by atoms with Crippen LogP contribution in [-0.2, 0) is 4.79 Å². The highest BCUT2D eigenvalue weighted by Crippen LogP contribution is 2.26. The van der Waals surface area contributed by atoms with Crippen molar-refractivity contribution in [3.05, 3.63) is 65.5 Å². The van der Waals surface area contributed by atoms with Crippen LogP contribution in [0.25, 0.3) is 5.69 Å². The van der Waals surface area contributed by atoms with E-state index >= 15 is 0 Å². The Bertz CT molecular complexity index is 935. The van der Waals surface area contributed by atoms with Gasteiger partial charge in [0.2, 0.25) is 5.91 Å². The zero-order valence-corrected chi connectivity index (χ0v) is 16.2. The van der Waals surface area contributed by atoms with E-state index in [2.05, 4.69) is 47.6 Å². The minimum absolute atomic E-state index is 0.0595. The number of rotatable bonds is 5. The number of anilines is 1. The van der Waals surface area contributed by atoms with E-state index in [9.17, 15) is 4.79 Å². The van der Waals surface area contributed by atoms with E-state index in [1.165, 1.54) is 17.3 Å². The molecule has 0 saturated carbocycles. The Morgan fingerprint density at radius 1 is 1.12 bits per heavy atom. The molecule has 0 spiro atoms. The number of hydrogen-bond donors (Lipinski definition) is 1. The zero-order valence-electron chi connectivity index (χ0n) is 15.4. The lowest BCUT2D eigenvalue weighted by Gasteiger charge is -2.14. The van der Waals surface area contributed by atoms with Gasteiger partial charge in [0, 0.05) is 5.69 Å². The predicted octanol–water partition coefficient (Wildman–Crippen LogP) is 4.31. The fourth-order valence-electron chi connectivity index (χ4n) is 2.72. The maximum atomic E-state index is 12.5. The van der Waals surface area contributed by atoms with Gasteiger partial charge in [-0.15, -0.1) is 10.2 Å². The molecule has 0 saturated heterocycles. The van der Waals surface area contributed by atoms with Crippen molar-refractivity contribution in [1.29, 1.82) is 0 Å². The second kappa shape index (κ2) is 7.74. The number of nitrogens with zero attached hydrogens (tertiary/aromatic N) is 3. The molecule has 134 valence electrons. The molecule has 0 bridgehead atoms. The molecule has 1 aromatic heterocycles. The molecule has 0 aliphatic heterocycles. The van der Waals surface area contributed by atoms with Crippen LogP contribution in [0, 0.1) is 20.8 Å². The largest absolute Gasteiger partial charge is 0.325 e. The number of carbonyl (C=O) groups excluding carboxylic acids is 1. The van der Waals surface area contributed by atoms with Crippen LogP contribution in [0.4, 0.5) is 5.69 Å². The summed E-state index contributed by atoms with van der Waals surface area (Å²) >= 11 is 1.39. The number of hydrogen-bond acceptors (Lipinski definition) is 4. The molecule has 5 nitrogen and oxygen atoms in total. The Balaban J connectivity index is 1.75. The number of nitrogens with one attached hydrogen (secondary N) is 1. The normalized spacial score (nSPS) is 12.0. The van der Waals surface area contributed by atoms with E-state index in [0.29, 0.717) is 5.16 Å². The molecule has 2 aromatic carbocycles. The van der Waals surface area contributed by atoms with Crippen LogP contribution < -0.4 is 5.32 Å². The highest BCUT2D eigenvalue weighted by Gasteiger charge is 2.19. The van der Waals surface area contributed by atoms with Crippen molar-refractivity contribution in [3.8, 4) is 5.69 Å². The van der Waals surface area contributed by atoms with Crippen molar-refractivity contribution in [1.82, 2.24) is 14.8 Å². The molecule has 3 aromatic rings. The van der Waals surface area contributed by atoms with Crippen molar-refractivity contribution in [2.75, 3.05) is 5.32 Å². The molecule has 1 N–H and O–H groups in total. The number of thioether (sulfide) groups is 1. The first kappa shape index (κ1) is 18.2. The summed E-state index contributed by atoms with van der Waals surface area (Å²) in [5.74, 6) is -0.0595. The Kier molecular flexibility index (Phi) is 5.42. The number of carbonyl (C=O) groups is 1. The van der Waals surface area contributed by atoms with E-state index in [1.54, 1.807) is 6.33 Å². The second-order valence-corrected chi connectivity index (χ2v) is 7.70. The number of amides is 1. The van der Waals surface area contributed by atoms with Gasteiger partial charge < -0.3 is 5.32 Å². The molecule has 1 heterocycles. The maximum absolute atomic E-state index is 12.5. The Labute approximate surface area is 157 Å². The Morgan fingerprint density at radius 2 is 1.88 bits per heavy atom. The van der Waals surface area contributed by atoms with Crippen molar-refractivity contribution >= 4 is 23.4 Å². The maximum Gasteiger partial charge on any atom is 0.237 e. The summed E-state index contributed by atoms with van der Waals surface area (Å²) in [4.78, 5) is 12.5. The van der Waals surface area contributed by atoms with E-state index in [0.717, 1.165) is 22.5 Å². The summed E-state index contributed by atoms with van der Waals surface area (Å²) in [6, 6.07) is 14.0. The summed E-state index contributed by atoms with van der Waals surface area (Å²) in [6.07, 6.45) is 1.69. The lowest BCUT2D eigenvalue weighted by Crippen LogP contribution is -2.22. The van der Waals surface area contributed by atoms with Crippen molar-refractivity contribution in [3.63, 3.8) is 0 Å². The van der Waals surface area contributed by atoms with E-state index in [4.69, 9.17) is 0 Å². The summed E-state index contributed by atoms with van der Waals surface area (Å²) in [5.41, 5.74) is 5.29. The summed E-state index contributed by atoms with van der Waals surface area (Å²) in [6.45, 7) is 8.00. The van der Waals surface area contributed by atoms with Crippen molar-refractivity contribution < 1.29 is 4.79 Å². The summed E-state index contributed by atoms with van der Waals surface area (Å²) in [5, 5.41) is 11.6. The smallest absolute Gasteiger partial charge is 0.237 e. The molecule has 1 unspecified atom stereocenters. The van der Waals surface area contributed by atoms with Crippen LogP contribution in [0.2, 0.25) is 0 Å². The van der Waals surface area contributed by atoms with Gasteiger partial charge in [-0.25, -0.2) is 0 Å². The third kappa shape index (κ3) is 4.14. The van der Waals surface area contributed by atoms with Crippen LogP contribution in [0.15, 0.2) is 53.9 Å². The molecule has 3 rings (SSSR count). The second-order valence-electron chi connectivity index (χ2n) is 6.39. The van der Waals surface area contributed by atoms with E-state index < -0.39 is 0 Å². The predicted molar refractivity (Wildman–Crippen MR) is 106 cm³/mol. The third-order valence-electron chi connectivity index (χ3n) is 4.07. The lowest BCUT2D eigenvalue weighted by molar-refractivity contribution is -0.115. The molecule has 1 amide bonds. The minimum Gasteiger partial charge on any atom is -0.325 e. The molecule has 1 atom stereocenters. The quantitative estimate of drug-likeness (QED) is 0.684. The van der Waals surface area contributed by atoms with E-state index in [-0.39, 0.29) is 11.2 Å². The molecule has 0 fully saturated rings. The van der Waals surface area contributed by atoms with Gasteiger partial charge in [0.1, 0.15) is 6.33 Å². The fourth-order valence-corrected chi connectivity index (χ4v) is 3.56. The molecule has 6 heteroatoms. The van der Waals surface area contributed by atoms with Crippen LogP contribution in [0.5, 0.6) is 0 Å². The first-order chi connectivity index (χ1) is 12.4. The molecular formula is C20H22N4OS. The molecular weight excluding hydrogens is 344 g/mol. The summed E-state index contributed by atoms with van der Waals surface area (Å²) < 4.78 is 1.93. The Hall–Kier alpha value is -2.60. The first-order valence-corrected chi connectivity index (χ1v) is 9.34. The fraction of sp³-hybridized carbons (Fsp3) is 0.250. The zero-order chi connectivity index (χ0) is 18.7. The van der Waals surface area contributed by atoms with Crippen molar-refractivity contribution in [2.45, 2.75) is 38.1 Å². The molecule has 0 aliphatic rings. The van der Waals surface area contributed by atoms with Gasteiger partial charge in [-0.05, 0) is 57.0 Å². The van der Waals surface area contributed by atoms with Gasteiger partial charge in [-0.3, -0.25) is 9.36 Å². The summed E-state index contributed by atoms with van der Waals surface area (Å²) in [7, 11) is 0. The highest BCUT2D eigenvalue weighted by molar-refractivity contribution is 8.00. The molecule has 0 radical (unpaired) electrons. The van der Waals surface area contributed by atoms with Gasteiger partial charge in [0.25, 0.3) is 0 Å². The minimum atomic E-state index is -0.302. The Morgan fingerprint density at radius 3 is 2.62 bits per heavy atom. The average molecular weight is 366 g/mol. The first-order valence-electron chi connectivity index (χ1n) is 8.46. The third-order valence-corrected chi connectivity index (χ3v) is 5.12. The van der Waals surface area contributed by atoms with Crippen LogP contribution >= 0.6 is 11.8 Å². The monoisotopic (exact) mass is 366 g/mol. The van der Waals surface area contributed by atoms with Crippen LogP contribution in [-0.4, -0.2) is 25.9 Å². The number of benzene rings is 2. The number of aromatic nitrogens is 3. The van der Waals surface area contributed by atoms with Gasteiger partial charge in [0.05, 0.1) is 10.9 Å². The van der Waals surface area contributed by atoms with Crippen LogP contribution in [0.3, 0.4) is 0 Å².